The lowest BCUT2D eigenvalue weighted by Gasteiger charge is -2.22. The summed E-state index contributed by atoms with van der Waals surface area (Å²) >= 11 is 0. The maximum absolute atomic E-state index is 11.4. The van der Waals surface area contributed by atoms with Crippen molar-refractivity contribution in [3.05, 3.63) is 0 Å². The molecule has 2 nitrogen and oxygen atoms in total. The number of likely N-dealkylation sites (N-methyl/N-ethyl adjacent to an activating group) is 1. The first-order valence-electron chi connectivity index (χ1n) is 4.48. The fourth-order valence-corrected chi connectivity index (χ4v) is 1.77. The summed E-state index contributed by atoms with van der Waals surface area (Å²) in [7, 11) is 2.05. The summed E-state index contributed by atoms with van der Waals surface area (Å²) in [6, 6.07) is 0.206. The lowest BCUT2D eigenvalue weighted by molar-refractivity contribution is -0.123. The van der Waals surface area contributed by atoms with E-state index in [1.54, 1.807) is 0 Å². The molecule has 0 saturated carbocycles. The van der Waals surface area contributed by atoms with Crippen molar-refractivity contribution in [3.8, 4) is 0 Å². The fourth-order valence-electron chi connectivity index (χ4n) is 1.77. The number of carbonyl (C=O) groups excluding carboxylic acids is 1. The lowest BCUT2D eigenvalue weighted by atomic mass is 10.1. The quantitative estimate of drug-likeness (QED) is 0.571. The first-order valence-corrected chi connectivity index (χ1v) is 4.48. The minimum atomic E-state index is 0.206. The van der Waals surface area contributed by atoms with E-state index in [2.05, 4.69) is 18.9 Å². The summed E-state index contributed by atoms with van der Waals surface area (Å²) in [4.78, 5) is 13.6. The van der Waals surface area contributed by atoms with Gasteiger partial charge in [0.15, 0.2) is 0 Å². The number of nitrogens with zero attached hydrogens (tertiary/aromatic N) is 1. The van der Waals surface area contributed by atoms with E-state index in [-0.39, 0.29) is 6.04 Å². The van der Waals surface area contributed by atoms with Gasteiger partial charge in [-0.15, -0.1) is 0 Å². The molecule has 11 heavy (non-hydrogen) atoms. The van der Waals surface area contributed by atoms with Crippen LogP contribution in [0.4, 0.5) is 0 Å². The standard InChI is InChI=1S/C9H17NO/c1-3-8-9(11)6-4-5-7-10(8)2/h8H,3-7H2,1-2H3. The van der Waals surface area contributed by atoms with E-state index in [1.807, 2.05) is 0 Å². The van der Waals surface area contributed by atoms with E-state index < -0.39 is 0 Å². The van der Waals surface area contributed by atoms with Crippen LogP contribution in [0.5, 0.6) is 0 Å². The zero-order chi connectivity index (χ0) is 8.27. The molecule has 2 heteroatoms. The number of Topliss-reactive ketones (excluding diaryl/α,β-unsaturated/α-hetero) is 1. The van der Waals surface area contributed by atoms with E-state index in [9.17, 15) is 4.79 Å². The summed E-state index contributed by atoms with van der Waals surface area (Å²) in [6.45, 7) is 3.18. The fraction of sp³-hybridized carbons (Fsp3) is 0.889. The van der Waals surface area contributed by atoms with Gasteiger partial charge in [0, 0.05) is 6.42 Å². The Labute approximate surface area is 68.6 Å². The Morgan fingerprint density at radius 3 is 2.91 bits per heavy atom. The van der Waals surface area contributed by atoms with Crippen LogP contribution >= 0.6 is 0 Å². The van der Waals surface area contributed by atoms with Crippen molar-refractivity contribution < 1.29 is 4.79 Å². The minimum absolute atomic E-state index is 0.206. The predicted octanol–water partition coefficient (Wildman–Crippen LogP) is 1.45. The molecular formula is C9H17NO. The zero-order valence-corrected chi connectivity index (χ0v) is 7.47. The Kier molecular flexibility index (Phi) is 3.06. The summed E-state index contributed by atoms with van der Waals surface area (Å²) in [5, 5.41) is 0. The molecule has 0 aromatic rings. The highest BCUT2D eigenvalue weighted by Crippen LogP contribution is 2.13. The number of hydrogen-bond donors (Lipinski definition) is 0. The smallest absolute Gasteiger partial charge is 0.149 e. The van der Waals surface area contributed by atoms with Crippen LogP contribution < -0.4 is 0 Å². The normalized spacial score (nSPS) is 28.5. The van der Waals surface area contributed by atoms with Crippen molar-refractivity contribution in [2.24, 2.45) is 0 Å². The number of ketones is 1. The van der Waals surface area contributed by atoms with Crippen LogP contribution in [0.2, 0.25) is 0 Å². The van der Waals surface area contributed by atoms with E-state index in [4.69, 9.17) is 0 Å². The van der Waals surface area contributed by atoms with Crippen molar-refractivity contribution >= 4 is 5.78 Å². The SMILES string of the molecule is CCC1C(=O)CCCCN1C. The second-order valence-electron chi connectivity index (χ2n) is 3.33. The van der Waals surface area contributed by atoms with Crippen molar-refractivity contribution in [3.63, 3.8) is 0 Å². The number of likely N-dealkylation sites (tertiary alicyclic amines) is 1. The molecule has 1 fully saturated rings. The van der Waals surface area contributed by atoms with Gasteiger partial charge in [-0.25, -0.2) is 0 Å². The summed E-state index contributed by atoms with van der Waals surface area (Å²) < 4.78 is 0. The van der Waals surface area contributed by atoms with Crippen LogP contribution in [0.25, 0.3) is 0 Å². The molecule has 1 rings (SSSR count). The molecule has 0 amide bonds. The molecule has 1 unspecified atom stereocenters. The molecule has 1 aliphatic rings. The zero-order valence-electron chi connectivity index (χ0n) is 7.47. The van der Waals surface area contributed by atoms with Crippen molar-refractivity contribution in [1.82, 2.24) is 4.90 Å². The van der Waals surface area contributed by atoms with Crippen LogP contribution in [-0.2, 0) is 4.79 Å². The van der Waals surface area contributed by atoms with Gasteiger partial charge in [-0.05, 0) is 32.9 Å². The Morgan fingerprint density at radius 1 is 1.55 bits per heavy atom. The summed E-state index contributed by atoms with van der Waals surface area (Å²) in [5.41, 5.74) is 0. The highest BCUT2D eigenvalue weighted by molar-refractivity contribution is 5.84. The first kappa shape index (κ1) is 8.72. The minimum Gasteiger partial charge on any atom is -0.298 e. The van der Waals surface area contributed by atoms with E-state index in [0.717, 1.165) is 25.8 Å². The van der Waals surface area contributed by atoms with Crippen LogP contribution in [-0.4, -0.2) is 30.3 Å². The monoisotopic (exact) mass is 155 g/mol. The summed E-state index contributed by atoms with van der Waals surface area (Å²) in [5.74, 6) is 0.438. The van der Waals surface area contributed by atoms with Crippen molar-refractivity contribution in [2.75, 3.05) is 13.6 Å². The maximum atomic E-state index is 11.4. The van der Waals surface area contributed by atoms with Crippen LogP contribution in [0.3, 0.4) is 0 Å². The molecule has 0 aromatic carbocycles. The van der Waals surface area contributed by atoms with Crippen molar-refractivity contribution in [1.29, 1.82) is 0 Å². The molecule has 1 aliphatic heterocycles. The molecule has 0 spiro atoms. The average Bonchev–Trinajstić information content (AvgIpc) is 2.12. The van der Waals surface area contributed by atoms with Gasteiger partial charge in [0.2, 0.25) is 0 Å². The van der Waals surface area contributed by atoms with Gasteiger partial charge in [-0.1, -0.05) is 6.92 Å². The molecule has 64 valence electrons. The van der Waals surface area contributed by atoms with Gasteiger partial charge in [0.25, 0.3) is 0 Å². The molecular weight excluding hydrogens is 138 g/mol. The number of rotatable bonds is 1. The molecule has 1 saturated heterocycles. The predicted molar refractivity (Wildman–Crippen MR) is 45.6 cm³/mol. The van der Waals surface area contributed by atoms with E-state index in [0.29, 0.717) is 5.78 Å². The van der Waals surface area contributed by atoms with E-state index in [1.165, 1.54) is 6.42 Å². The third-order valence-electron chi connectivity index (χ3n) is 2.47. The van der Waals surface area contributed by atoms with Gasteiger partial charge in [0.1, 0.15) is 5.78 Å². The molecule has 0 aromatic heterocycles. The van der Waals surface area contributed by atoms with Gasteiger partial charge < -0.3 is 0 Å². The Bertz CT molecular complexity index is 144. The van der Waals surface area contributed by atoms with Crippen LogP contribution in [0, 0.1) is 0 Å². The molecule has 0 bridgehead atoms. The largest absolute Gasteiger partial charge is 0.298 e. The maximum Gasteiger partial charge on any atom is 0.149 e. The highest BCUT2D eigenvalue weighted by Gasteiger charge is 2.22. The van der Waals surface area contributed by atoms with Crippen LogP contribution in [0.15, 0.2) is 0 Å². The Hall–Kier alpha value is -0.370. The molecule has 1 heterocycles. The second kappa shape index (κ2) is 3.86. The van der Waals surface area contributed by atoms with Crippen molar-refractivity contribution in [2.45, 2.75) is 38.6 Å². The van der Waals surface area contributed by atoms with Gasteiger partial charge in [-0.2, -0.15) is 0 Å². The third kappa shape index (κ3) is 2.03. The second-order valence-corrected chi connectivity index (χ2v) is 3.33. The molecule has 0 radical (unpaired) electrons. The Balaban J connectivity index is 2.58. The third-order valence-corrected chi connectivity index (χ3v) is 2.47. The average molecular weight is 155 g/mol. The first-order chi connectivity index (χ1) is 5.25. The summed E-state index contributed by atoms with van der Waals surface area (Å²) in [6.07, 6.45) is 4.02. The lowest BCUT2D eigenvalue weighted by Crippen LogP contribution is -2.36. The van der Waals surface area contributed by atoms with Crippen LogP contribution in [0.1, 0.15) is 32.6 Å². The van der Waals surface area contributed by atoms with Gasteiger partial charge >= 0.3 is 0 Å². The topological polar surface area (TPSA) is 20.3 Å². The number of carbonyl (C=O) groups is 1. The van der Waals surface area contributed by atoms with Gasteiger partial charge in [-0.3, -0.25) is 9.69 Å². The molecule has 1 atom stereocenters. The number of hydrogen-bond acceptors (Lipinski definition) is 2. The van der Waals surface area contributed by atoms with Gasteiger partial charge in [0.05, 0.1) is 6.04 Å². The molecule has 0 N–H and O–H groups in total. The van der Waals surface area contributed by atoms with E-state index >= 15 is 0 Å². The highest BCUT2D eigenvalue weighted by atomic mass is 16.1. The Morgan fingerprint density at radius 2 is 2.27 bits per heavy atom. The molecule has 0 aliphatic carbocycles.